The monoisotopic (exact) mass is 475 g/mol. The maximum absolute atomic E-state index is 14.4. The number of Topliss-reactive ketones (excluding diaryl/α,β-unsaturated/α-hetero) is 1. The highest BCUT2D eigenvalue weighted by Gasteiger charge is 2.31. The van der Waals surface area contributed by atoms with Crippen LogP contribution in [0.4, 0.5) is 4.39 Å². The van der Waals surface area contributed by atoms with Crippen molar-refractivity contribution in [2.45, 2.75) is 43.9 Å². The fraction of sp³-hybridized carbons (Fsp3) is 0.333. The topological polar surface area (TPSA) is 102 Å². The highest BCUT2D eigenvalue weighted by molar-refractivity contribution is 7.90. The molecule has 7 nitrogen and oxygen atoms in total. The zero-order valence-electron chi connectivity index (χ0n) is 18.7. The van der Waals surface area contributed by atoms with Crippen molar-refractivity contribution in [3.05, 3.63) is 65.2 Å². The minimum atomic E-state index is -3.54. The Morgan fingerprint density at radius 3 is 2.55 bits per heavy atom. The van der Waals surface area contributed by atoms with Gasteiger partial charge in [-0.05, 0) is 55.2 Å². The largest absolute Gasteiger partial charge is 0.511 e. The van der Waals surface area contributed by atoms with E-state index in [0.717, 1.165) is 17.9 Å². The summed E-state index contributed by atoms with van der Waals surface area (Å²) in [6.07, 6.45) is 1.86. The lowest BCUT2D eigenvalue weighted by atomic mass is 9.81. The molecule has 3 rings (SSSR count). The van der Waals surface area contributed by atoms with Crippen molar-refractivity contribution in [3.63, 3.8) is 0 Å². The molecule has 0 radical (unpaired) electrons. The maximum atomic E-state index is 14.4. The molecule has 0 bridgehead atoms. The molecule has 0 amide bonds. The van der Waals surface area contributed by atoms with Gasteiger partial charge in [-0.25, -0.2) is 12.8 Å². The molecule has 1 atom stereocenters. The molecule has 176 valence electrons. The van der Waals surface area contributed by atoms with Gasteiger partial charge in [-0.2, -0.15) is 0 Å². The Morgan fingerprint density at radius 1 is 1.18 bits per heavy atom. The van der Waals surface area contributed by atoms with E-state index in [-0.39, 0.29) is 46.5 Å². The maximum Gasteiger partial charge on any atom is 0.175 e. The number of benzene rings is 2. The summed E-state index contributed by atoms with van der Waals surface area (Å²) in [5.41, 5.74) is 1.38. The van der Waals surface area contributed by atoms with Crippen molar-refractivity contribution in [2.24, 2.45) is 5.16 Å². The minimum absolute atomic E-state index is 0.0368. The number of aliphatic hydroxyl groups is 1. The minimum Gasteiger partial charge on any atom is -0.511 e. The van der Waals surface area contributed by atoms with Gasteiger partial charge in [-0.15, -0.1) is 0 Å². The van der Waals surface area contributed by atoms with Crippen LogP contribution in [0.1, 0.15) is 44.6 Å². The fourth-order valence-corrected chi connectivity index (χ4v) is 4.27. The van der Waals surface area contributed by atoms with E-state index in [4.69, 9.17) is 9.57 Å². The van der Waals surface area contributed by atoms with Gasteiger partial charge in [0.1, 0.15) is 18.1 Å². The van der Waals surface area contributed by atoms with Gasteiger partial charge in [0.05, 0.1) is 16.2 Å². The van der Waals surface area contributed by atoms with Gasteiger partial charge in [0, 0.05) is 19.1 Å². The van der Waals surface area contributed by atoms with Crippen LogP contribution >= 0.6 is 0 Å². The Bertz CT molecular complexity index is 1220. The smallest absolute Gasteiger partial charge is 0.175 e. The van der Waals surface area contributed by atoms with E-state index in [2.05, 4.69) is 5.16 Å². The zero-order chi connectivity index (χ0) is 24.2. The first-order valence-corrected chi connectivity index (χ1v) is 12.4. The number of hydrogen-bond donors (Lipinski definition) is 1. The van der Waals surface area contributed by atoms with Crippen LogP contribution in [0, 0.1) is 5.82 Å². The molecule has 0 saturated carbocycles. The van der Waals surface area contributed by atoms with Crippen LogP contribution in [0.15, 0.2) is 63.8 Å². The highest BCUT2D eigenvalue weighted by Crippen LogP contribution is 2.36. The van der Waals surface area contributed by atoms with Gasteiger partial charge >= 0.3 is 0 Å². The van der Waals surface area contributed by atoms with Crippen molar-refractivity contribution >= 4 is 21.3 Å². The summed E-state index contributed by atoms with van der Waals surface area (Å²) in [7, 11) is -3.54. The van der Waals surface area contributed by atoms with Gasteiger partial charge in [0.25, 0.3) is 0 Å². The van der Waals surface area contributed by atoms with Crippen LogP contribution in [-0.2, 0) is 19.5 Å². The third-order valence-electron chi connectivity index (χ3n) is 5.26. The summed E-state index contributed by atoms with van der Waals surface area (Å²) in [5, 5.41) is 14.6. The second-order valence-electron chi connectivity index (χ2n) is 7.70. The SMILES string of the molecule is CCO/N=C(/CC)C1=C(O)CC(c2cccc(Oc3ccc(S(C)(=O)=O)cc3F)c2)CC1=O. The van der Waals surface area contributed by atoms with Crippen molar-refractivity contribution in [1.82, 2.24) is 0 Å². The molecule has 0 aliphatic heterocycles. The molecule has 2 aromatic carbocycles. The molecule has 33 heavy (non-hydrogen) atoms. The van der Waals surface area contributed by atoms with E-state index in [1.807, 2.05) is 6.92 Å². The molecular formula is C24H26FNO6S. The average molecular weight is 476 g/mol. The Morgan fingerprint density at radius 2 is 1.94 bits per heavy atom. The van der Waals surface area contributed by atoms with E-state index in [0.29, 0.717) is 24.5 Å². The number of carbonyl (C=O) groups excluding carboxylic acids is 1. The van der Waals surface area contributed by atoms with Gasteiger partial charge in [-0.1, -0.05) is 24.2 Å². The normalized spacial score (nSPS) is 17.3. The lowest BCUT2D eigenvalue weighted by Crippen LogP contribution is -2.23. The number of nitrogens with zero attached hydrogens (tertiary/aromatic N) is 1. The first-order chi connectivity index (χ1) is 15.6. The Labute approximate surface area is 192 Å². The molecule has 1 aliphatic carbocycles. The van der Waals surface area contributed by atoms with Crippen molar-refractivity contribution in [3.8, 4) is 11.5 Å². The summed E-state index contributed by atoms with van der Waals surface area (Å²) >= 11 is 0. The Hall–Kier alpha value is -3.20. The quantitative estimate of drug-likeness (QED) is 0.422. The van der Waals surface area contributed by atoms with Crippen LogP contribution < -0.4 is 4.74 Å². The molecular weight excluding hydrogens is 449 g/mol. The van der Waals surface area contributed by atoms with Crippen molar-refractivity contribution in [1.29, 1.82) is 0 Å². The molecule has 1 N–H and O–H groups in total. The predicted molar refractivity (Wildman–Crippen MR) is 122 cm³/mol. The standard InChI is InChI=1S/C24H26FNO6S/c1-4-20(26-31-5-2)24-21(27)12-16(13-22(24)28)15-7-6-8-17(11-15)32-23-10-9-18(14-19(23)25)33(3,29)30/h6-11,14,16,27H,4-5,12-13H2,1-3H3/b26-20-. The number of ether oxygens (including phenoxy) is 1. The van der Waals surface area contributed by atoms with Gasteiger partial charge in [0.2, 0.25) is 0 Å². The highest BCUT2D eigenvalue weighted by atomic mass is 32.2. The molecule has 0 spiro atoms. The number of sulfone groups is 1. The fourth-order valence-electron chi connectivity index (χ4n) is 3.64. The van der Waals surface area contributed by atoms with E-state index in [1.54, 1.807) is 31.2 Å². The first kappa shape index (κ1) is 24.4. The molecule has 9 heteroatoms. The van der Waals surface area contributed by atoms with E-state index in [9.17, 15) is 22.7 Å². The summed E-state index contributed by atoms with van der Waals surface area (Å²) in [6, 6.07) is 10.3. The molecule has 1 unspecified atom stereocenters. The average Bonchev–Trinajstić information content (AvgIpc) is 2.76. The second-order valence-corrected chi connectivity index (χ2v) is 9.71. The number of oxime groups is 1. The molecule has 0 aromatic heterocycles. The second kappa shape index (κ2) is 10.2. The molecule has 0 saturated heterocycles. The number of allylic oxidation sites excluding steroid dienone is 2. The molecule has 1 aliphatic rings. The van der Waals surface area contributed by atoms with Crippen LogP contribution in [0.2, 0.25) is 0 Å². The number of aliphatic hydroxyl groups excluding tert-OH is 1. The zero-order valence-corrected chi connectivity index (χ0v) is 19.5. The molecule has 0 heterocycles. The van der Waals surface area contributed by atoms with Crippen molar-refractivity contribution in [2.75, 3.05) is 12.9 Å². The summed E-state index contributed by atoms with van der Waals surface area (Å²) in [4.78, 5) is 17.7. The third-order valence-corrected chi connectivity index (χ3v) is 6.37. The number of halogens is 1. The van der Waals surface area contributed by atoms with Crippen LogP contribution in [0.3, 0.4) is 0 Å². The number of rotatable bonds is 8. The van der Waals surface area contributed by atoms with Crippen LogP contribution in [0.5, 0.6) is 11.5 Å². The van der Waals surface area contributed by atoms with Crippen LogP contribution in [-0.4, -0.2) is 37.9 Å². The summed E-state index contributed by atoms with van der Waals surface area (Å²) in [5.74, 6) is -1.14. The Balaban J connectivity index is 1.83. The lowest BCUT2D eigenvalue weighted by Gasteiger charge is -2.24. The lowest BCUT2D eigenvalue weighted by molar-refractivity contribution is -0.116. The number of ketones is 1. The van der Waals surface area contributed by atoms with Crippen molar-refractivity contribution < 1.29 is 32.3 Å². The van der Waals surface area contributed by atoms with Gasteiger partial charge < -0.3 is 14.7 Å². The van der Waals surface area contributed by atoms with E-state index < -0.39 is 15.7 Å². The number of hydrogen-bond acceptors (Lipinski definition) is 7. The first-order valence-electron chi connectivity index (χ1n) is 10.6. The van der Waals surface area contributed by atoms with Crippen LogP contribution in [0.25, 0.3) is 0 Å². The van der Waals surface area contributed by atoms with E-state index in [1.165, 1.54) is 12.1 Å². The summed E-state index contributed by atoms with van der Waals surface area (Å²) < 4.78 is 43.2. The van der Waals surface area contributed by atoms with Gasteiger partial charge in [0.15, 0.2) is 27.2 Å². The molecule has 0 fully saturated rings. The number of carbonyl (C=O) groups is 1. The summed E-state index contributed by atoms with van der Waals surface area (Å²) in [6.45, 7) is 3.98. The Kier molecular flexibility index (Phi) is 7.53. The molecule has 2 aromatic rings. The van der Waals surface area contributed by atoms with Gasteiger partial charge in [-0.3, -0.25) is 4.79 Å². The predicted octanol–water partition coefficient (Wildman–Crippen LogP) is 5.08. The third kappa shape index (κ3) is 5.78. The van der Waals surface area contributed by atoms with E-state index >= 15 is 0 Å².